The van der Waals surface area contributed by atoms with Crippen molar-refractivity contribution in [2.75, 3.05) is 0 Å². The molecule has 0 saturated heterocycles. The summed E-state index contributed by atoms with van der Waals surface area (Å²) in [6.45, 7) is 0. The van der Waals surface area contributed by atoms with Gasteiger partial charge in [0.2, 0.25) is 0 Å². The Morgan fingerprint density at radius 3 is 2.93 bits per heavy atom. The highest BCUT2D eigenvalue weighted by Gasteiger charge is 2.35. The Hall–Kier alpha value is -1.37. The van der Waals surface area contributed by atoms with E-state index in [9.17, 15) is 0 Å². The molecule has 1 unspecified atom stereocenters. The van der Waals surface area contributed by atoms with E-state index in [-0.39, 0.29) is 5.41 Å². The fraction of sp³-hybridized carbons (Fsp3) is 0.308. The van der Waals surface area contributed by atoms with E-state index >= 15 is 0 Å². The average Bonchev–Trinajstić information content (AvgIpc) is 2.60. The largest absolute Gasteiger partial charge is 0.260 e. The first-order valence-corrected chi connectivity index (χ1v) is 5.20. The van der Waals surface area contributed by atoms with Crippen molar-refractivity contribution in [2.45, 2.75) is 24.7 Å². The van der Waals surface area contributed by atoms with Gasteiger partial charge in [0.05, 0.1) is 5.69 Å². The first kappa shape index (κ1) is 7.98. The Morgan fingerprint density at radius 2 is 2.07 bits per heavy atom. The van der Waals surface area contributed by atoms with E-state index in [2.05, 4.69) is 47.6 Å². The molecule has 0 N–H and O–H groups in total. The minimum atomic E-state index is 0.228. The van der Waals surface area contributed by atoms with E-state index in [4.69, 9.17) is 0 Å². The maximum absolute atomic E-state index is 4.52. The Kier molecular flexibility index (Phi) is 1.60. The molecule has 1 nitrogen and oxygen atoms in total. The predicted octanol–water partition coefficient (Wildman–Crippen LogP) is 3.38. The zero-order valence-corrected chi connectivity index (χ0v) is 8.11. The molecular formula is C13H13N. The minimum Gasteiger partial charge on any atom is -0.260 e. The van der Waals surface area contributed by atoms with Crippen molar-refractivity contribution in [3.05, 3.63) is 42.0 Å². The van der Waals surface area contributed by atoms with E-state index < -0.39 is 0 Å². The maximum atomic E-state index is 4.52. The smallest absolute Gasteiger partial charge is 0.0667 e. The molecule has 0 radical (unpaired) electrons. The first-order chi connectivity index (χ1) is 6.91. The number of nitrogens with zero attached hydrogens (tertiary/aromatic N) is 1. The quantitative estimate of drug-likeness (QED) is 0.547. The molecule has 1 heteroatoms. The summed E-state index contributed by atoms with van der Waals surface area (Å²) in [6, 6.07) is 8.52. The fourth-order valence-electron chi connectivity index (χ4n) is 2.49. The molecule has 0 bridgehead atoms. The molecule has 0 aromatic heterocycles. The van der Waals surface area contributed by atoms with E-state index in [1.807, 2.05) is 0 Å². The first-order valence-electron chi connectivity index (χ1n) is 5.20. The molecule has 70 valence electrons. The van der Waals surface area contributed by atoms with Crippen LogP contribution in [0.5, 0.6) is 0 Å². The fourth-order valence-corrected chi connectivity index (χ4v) is 2.49. The summed E-state index contributed by atoms with van der Waals surface area (Å²) in [4.78, 5) is 4.52. The summed E-state index contributed by atoms with van der Waals surface area (Å²) >= 11 is 0. The number of hydrogen-bond donors (Lipinski definition) is 0. The second-order valence-electron chi connectivity index (χ2n) is 4.15. The molecule has 3 rings (SSSR count). The Labute approximate surface area is 84.2 Å². The van der Waals surface area contributed by atoms with E-state index in [0.29, 0.717) is 0 Å². The maximum Gasteiger partial charge on any atom is 0.0667 e. The van der Waals surface area contributed by atoms with Gasteiger partial charge in [0, 0.05) is 11.6 Å². The lowest BCUT2D eigenvalue weighted by molar-refractivity contribution is 0.537. The highest BCUT2D eigenvalue weighted by atomic mass is 14.8. The van der Waals surface area contributed by atoms with Crippen LogP contribution < -0.4 is 0 Å². The molecule has 0 saturated carbocycles. The molecule has 1 aliphatic heterocycles. The van der Waals surface area contributed by atoms with Crippen molar-refractivity contribution in [1.82, 2.24) is 0 Å². The number of hydrogen-bond acceptors (Lipinski definition) is 1. The molecule has 0 fully saturated rings. The molecular weight excluding hydrogens is 170 g/mol. The van der Waals surface area contributed by atoms with Crippen LogP contribution in [0.15, 0.2) is 41.4 Å². The lowest BCUT2D eigenvalue weighted by Gasteiger charge is -2.28. The predicted molar refractivity (Wildman–Crippen MR) is 59.3 cm³/mol. The van der Waals surface area contributed by atoms with Gasteiger partial charge in [-0.05, 0) is 30.9 Å². The van der Waals surface area contributed by atoms with Gasteiger partial charge in [-0.3, -0.25) is 4.99 Å². The molecule has 1 atom stereocenters. The van der Waals surface area contributed by atoms with Crippen LogP contribution >= 0.6 is 0 Å². The van der Waals surface area contributed by atoms with Gasteiger partial charge in [-0.1, -0.05) is 30.4 Å². The lowest BCUT2D eigenvalue weighted by Crippen LogP contribution is -2.26. The van der Waals surface area contributed by atoms with Crippen LogP contribution in [-0.4, -0.2) is 6.21 Å². The van der Waals surface area contributed by atoms with Gasteiger partial charge in [-0.15, -0.1) is 0 Å². The topological polar surface area (TPSA) is 12.4 Å². The van der Waals surface area contributed by atoms with Crippen LogP contribution in [0, 0.1) is 0 Å². The number of benzene rings is 1. The molecule has 0 amide bonds. The summed E-state index contributed by atoms with van der Waals surface area (Å²) in [6.07, 6.45) is 10.2. The molecule has 14 heavy (non-hydrogen) atoms. The highest BCUT2D eigenvalue weighted by molar-refractivity contribution is 5.85. The van der Waals surface area contributed by atoms with Gasteiger partial charge in [0.15, 0.2) is 0 Å². The van der Waals surface area contributed by atoms with Gasteiger partial charge >= 0.3 is 0 Å². The van der Waals surface area contributed by atoms with Crippen LogP contribution in [0.25, 0.3) is 0 Å². The van der Waals surface area contributed by atoms with Crippen LogP contribution in [0.2, 0.25) is 0 Å². The van der Waals surface area contributed by atoms with E-state index in [1.165, 1.54) is 24.1 Å². The van der Waals surface area contributed by atoms with Gasteiger partial charge < -0.3 is 0 Å². The number of aliphatic imine (C=N–C) groups is 1. The SMILES string of the molecule is C1=CCC2(C=Nc3ccccc32)CC1. The molecule has 2 aliphatic rings. The summed E-state index contributed by atoms with van der Waals surface area (Å²) in [5.41, 5.74) is 2.82. The normalized spacial score (nSPS) is 28.3. The minimum absolute atomic E-state index is 0.228. The lowest BCUT2D eigenvalue weighted by atomic mass is 9.73. The number of allylic oxidation sites excluding steroid dienone is 2. The third kappa shape index (κ3) is 0.985. The zero-order valence-electron chi connectivity index (χ0n) is 8.11. The summed E-state index contributed by atoms with van der Waals surface area (Å²) in [5, 5.41) is 0. The Bertz CT molecular complexity index is 417. The monoisotopic (exact) mass is 183 g/mol. The molecule has 1 aliphatic carbocycles. The third-order valence-electron chi connectivity index (χ3n) is 3.30. The number of fused-ring (bicyclic) bond motifs is 2. The standard InChI is InChI=1S/C13H13N/c1-4-8-13(9-5-1)10-14-12-7-3-2-6-11(12)13/h1-4,6-7,10H,5,8-9H2. The van der Waals surface area contributed by atoms with Gasteiger partial charge in [-0.2, -0.15) is 0 Å². The van der Waals surface area contributed by atoms with E-state index in [0.717, 1.165) is 6.42 Å². The highest BCUT2D eigenvalue weighted by Crippen LogP contribution is 2.43. The van der Waals surface area contributed by atoms with Crippen LogP contribution in [0.4, 0.5) is 5.69 Å². The van der Waals surface area contributed by atoms with E-state index in [1.54, 1.807) is 0 Å². The molecule has 1 heterocycles. The molecule has 1 aromatic carbocycles. The van der Waals surface area contributed by atoms with Crippen molar-refractivity contribution >= 4 is 11.9 Å². The molecule has 1 spiro atoms. The summed E-state index contributed by atoms with van der Waals surface area (Å²) in [5.74, 6) is 0. The van der Waals surface area contributed by atoms with Gasteiger partial charge in [-0.25, -0.2) is 0 Å². The average molecular weight is 183 g/mol. The van der Waals surface area contributed by atoms with Crippen molar-refractivity contribution in [2.24, 2.45) is 4.99 Å². The van der Waals surface area contributed by atoms with Crippen molar-refractivity contribution in [3.8, 4) is 0 Å². The van der Waals surface area contributed by atoms with Gasteiger partial charge in [0.1, 0.15) is 0 Å². The van der Waals surface area contributed by atoms with Crippen LogP contribution in [0.3, 0.4) is 0 Å². The number of rotatable bonds is 0. The van der Waals surface area contributed by atoms with Crippen LogP contribution in [-0.2, 0) is 5.41 Å². The van der Waals surface area contributed by atoms with Crippen molar-refractivity contribution in [3.63, 3.8) is 0 Å². The number of para-hydroxylation sites is 1. The van der Waals surface area contributed by atoms with Crippen molar-refractivity contribution < 1.29 is 0 Å². The Balaban J connectivity index is 2.12. The summed E-state index contributed by atoms with van der Waals surface area (Å²) < 4.78 is 0. The molecule has 1 aromatic rings. The van der Waals surface area contributed by atoms with Crippen molar-refractivity contribution in [1.29, 1.82) is 0 Å². The third-order valence-corrected chi connectivity index (χ3v) is 3.30. The Morgan fingerprint density at radius 1 is 1.14 bits per heavy atom. The second-order valence-corrected chi connectivity index (χ2v) is 4.15. The van der Waals surface area contributed by atoms with Crippen LogP contribution in [0.1, 0.15) is 24.8 Å². The summed E-state index contributed by atoms with van der Waals surface area (Å²) in [7, 11) is 0. The van der Waals surface area contributed by atoms with Gasteiger partial charge in [0.25, 0.3) is 0 Å². The zero-order chi connectivity index (χ0) is 9.43. The second kappa shape index (κ2) is 2.81.